The molecule has 0 saturated heterocycles. The van der Waals surface area contributed by atoms with Crippen LogP contribution in [0.2, 0.25) is 0 Å². The van der Waals surface area contributed by atoms with Crippen LogP contribution in [0, 0.1) is 0 Å². The van der Waals surface area contributed by atoms with Crippen LogP contribution in [0.4, 0.5) is 0 Å². The van der Waals surface area contributed by atoms with Crippen molar-refractivity contribution in [2.24, 2.45) is 4.99 Å². The molecule has 0 fully saturated rings. The van der Waals surface area contributed by atoms with Gasteiger partial charge in [-0.3, -0.25) is 4.99 Å². The van der Waals surface area contributed by atoms with E-state index in [-0.39, 0.29) is 0 Å². The first-order valence-corrected chi connectivity index (χ1v) is 9.86. The van der Waals surface area contributed by atoms with Gasteiger partial charge < -0.3 is 9.32 Å². The zero-order chi connectivity index (χ0) is 19.6. The number of aromatic nitrogens is 2. The quantitative estimate of drug-likeness (QED) is 0.505. The van der Waals surface area contributed by atoms with Crippen LogP contribution in [0.25, 0.3) is 28.4 Å². The molecule has 5 rings (SSSR count). The Morgan fingerprint density at radius 2 is 1.66 bits per heavy atom. The van der Waals surface area contributed by atoms with Crippen LogP contribution in [-0.2, 0) is 0 Å². The molecule has 5 nitrogen and oxygen atoms in total. The summed E-state index contributed by atoms with van der Waals surface area (Å²) in [5.74, 6) is 1.74. The van der Waals surface area contributed by atoms with Crippen LogP contribution in [0.5, 0.6) is 0 Å². The molecule has 0 aliphatic carbocycles. The third-order valence-corrected chi connectivity index (χ3v) is 5.19. The summed E-state index contributed by atoms with van der Waals surface area (Å²) in [6.45, 7) is 1.79. The van der Waals surface area contributed by atoms with Crippen LogP contribution < -0.4 is 0 Å². The van der Waals surface area contributed by atoms with Crippen molar-refractivity contribution in [3.8, 4) is 28.4 Å². The van der Waals surface area contributed by atoms with Gasteiger partial charge in [-0.1, -0.05) is 48.5 Å². The first-order chi connectivity index (χ1) is 14.3. The normalized spacial score (nSPS) is 14.1. The van der Waals surface area contributed by atoms with Gasteiger partial charge in [0.05, 0.1) is 17.5 Å². The Bertz CT molecular complexity index is 1130. The highest BCUT2D eigenvalue weighted by atomic mass is 16.3. The molecular formula is C24H22N4O. The molecule has 144 valence electrons. The fourth-order valence-corrected chi connectivity index (χ4v) is 3.81. The fourth-order valence-electron chi connectivity index (χ4n) is 3.81. The Morgan fingerprint density at radius 3 is 2.34 bits per heavy atom. The van der Waals surface area contributed by atoms with E-state index >= 15 is 0 Å². The van der Waals surface area contributed by atoms with Gasteiger partial charge in [-0.15, -0.1) is 0 Å². The summed E-state index contributed by atoms with van der Waals surface area (Å²) in [4.78, 5) is 7.11. The summed E-state index contributed by atoms with van der Waals surface area (Å²) in [6.07, 6.45) is 2.76. The van der Waals surface area contributed by atoms with Gasteiger partial charge in [0.1, 0.15) is 17.2 Å². The van der Waals surface area contributed by atoms with E-state index in [0.29, 0.717) is 0 Å². The van der Waals surface area contributed by atoms with E-state index in [9.17, 15) is 0 Å². The monoisotopic (exact) mass is 382 g/mol. The van der Waals surface area contributed by atoms with Crippen LogP contribution in [0.3, 0.4) is 0 Å². The van der Waals surface area contributed by atoms with Crippen molar-refractivity contribution in [3.05, 3.63) is 84.6 Å². The lowest BCUT2D eigenvalue weighted by Gasteiger charge is -2.25. The summed E-state index contributed by atoms with van der Waals surface area (Å²) in [5.41, 5.74) is 4.89. The van der Waals surface area contributed by atoms with Crippen molar-refractivity contribution in [2.75, 3.05) is 20.1 Å². The Hall–Kier alpha value is -3.60. The number of aliphatic imine (C=N–C) groups is 1. The molecule has 0 bridgehead atoms. The molecular weight excluding hydrogens is 360 g/mol. The molecule has 1 aliphatic rings. The van der Waals surface area contributed by atoms with E-state index in [1.54, 1.807) is 6.26 Å². The SMILES string of the molecule is CN1CCCN=C1c1c(-c2ccccc2)nn(-c2ccccc2)c1-c1ccco1. The van der Waals surface area contributed by atoms with Gasteiger partial charge in [0.2, 0.25) is 0 Å². The van der Waals surface area contributed by atoms with Gasteiger partial charge in [-0.05, 0) is 30.7 Å². The topological polar surface area (TPSA) is 46.6 Å². The lowest BCUT2D eigenvalue weighted by atomic mass is 10.0. The van der Waals surface area contributed by atoms with Crippen molar-refractivity contribution >= 4 is 5.84 Å². The minimum Gasteiger partial charge on any atom is -0.463 e. The molecule has 5 heteroatoms. The molecule has 2 aromatic heterocycles. The van der Waals surface area contributed by atoms with Crippen LogP contribution in [-0.4, -0.2) is 40.7 Å². The van der Waals surface area contributed by atoms with Gasteiger partial charge in [0.25, 0.3) is 0 Å². The Balaban J connectivity index is 1.85. The van der Waals surface area contributed by atoms with Crippen molar-refractivity contribution < 1.29 is 4.42 Å². The largest absolute Gasteiger partial charge is 0.463 e. The third-order valence-electron chi connectivity index (χ3n) is 5.19. The lowest BCUT2D eigenvalue weighted by Crippen LogP contribution is -2.33. The molecule has 0 spiro atoms. The molecule has 29 heavy (non-hydrogen) atoms. The zero-order valence-corrected chi connectivity index (χ0v) is 16.3. The maximum atomic E-state index is 5.86. The number of hydrogen-bond acceptors (Lipinski definition) is 4. The Kier molecular flexibility index (Phi) is 4.48. The number of rotatable bonds is 4. The van der Waals surface area contributed by atoms with Crippen LogP contribution in [0.15, 0.2) is 88.5 Å². The van der Waals surface area contributed by atoms with E-state index in [0.717, 1.165) is 59.3 Å². The maximum absolute atomic E-state index is 5.86. The number of furan rings is 1. The Morgan fingerprint density at radius 1 is 0.897 bits per heavy atom. The summed E-state index contributed by atoms with van der Waals surface area (Å²) < 4.78 is 7.84. The number of benzene rings is 2. The zero-order valence-electron chi connectivity index (χ0n) is 16.3. The molecule has 0 unspecified atom stereocenters. The molecule has 0 atom stereocenters. The van der Waals surface area contributed by atoms with E-state index in [1.165, 1.54) is 0 Å². The summed E-state index contributed by atoms with van der Waals surface area (Å²) >= 11 is 0. The maximum Gasteiger partial charge on any atom is 0.153 e. The molecule has 0 amide bonds. The second kappa shape index (κ2) is 7.43. The number of nitrogens with zero attached hydrogens (tertiary/aromatic N) is 4. The molecule has 3 heterocycles. The first kappa shape index (κ1) is 17.5. The Labute approximate surface area is 169 Å². The number of hydrogen-bond donors (Lipinski definition) is 0. The first-order valence-electron chi connectivity index (χ1n) is 9.86. The minimum absolute atomic E-state index is 0.778. The van der Waals surface area contributed by atoms with Crippen LogP contribution in [0.1, 0.15) is 12.0 Å². The smallest absolute Gasteiger partial charge is 0.153 e. The summed E-state index contributed by atoms with van der Waals surface area (Å²) in [5, 5.41) is 5.07. The highest BCUT2D eigenvalue weighted by Crippen LogP contribution is 2.36. The minimum atomic E-state index is 0.778. The molecule has 0 radical (unpaired) electrons. The standard InChI is InChI=1S/C24H22N4O/c1-27-16-9-15-25-24(27)21-22(18-10-4-2-5-11-18)26-28(19-12-6-3-7-13-19)23(21)20-14-8-17-29-20/h2-8,10-14,17H,9,15-16H2,1H3. The number of para-hydroxylation sites is 1. The molecule has 1 aliphatic heterocycles. The second-order valence-corrected chi connectivity index (χ2v) is 7.14. The average molecular weight is 382 g/mol. The predicted molar refractivity (Wildman–Crippen MR) is 115 cm³/mol. The van der Waals surface area contributed by atoms with E-state index in [2.05, 4.69) is 36.2 Å². The van der Waals surface area contributed by atoms with Crippen LogP contribution >= 0.6 is 0 Å². The fraction of sp³-hybridized carbons (Fsp3) is 0.167. The highest BCUT2D eigenvalue weighted by Gasteiger charge is 2.29. The van der Waals surface area contributed by atoms with Gasteiger partial charge in [-0.25, -0.2) is 4.68 Å². The van der Waals surface area contributed by atoms with Gasteiger partial charge >= 0.3 is 0 Å². The highest BCUT2D eigenvalue weighted by molar-refractivity contribution is 6.08. The predicted octanol–water partition coefficient (Wildman–Crippen LogP) is 4.88. The summed E-state index contributed by atoms with van der Waals surface area (Å²) in [6, 6.07) is 24.4. The molecule has 0 N–H and O–H groups in total. The molecule has 0 saturated carbocycles. The van der Waals surface area contributed by atoms with Crippen molar-refractivity contribution in [1.82, 2.24) is 14.7 Å². The summed E-state index contributed by atoms with van der Waals surface area (Å²) in [7, 11) is 2.10. The van der Waals surface area contributed by atoms with Gasteiger partial charge in [-0.2, -0.15) is 5.10 Å². The van der Waals surface area contributed by atoms with Crippen molar-refractivity contribution in [3.63, 3.8) is 0 Å². The number of amidine groups is 1. The molecule has 4 aromatic rings. The van der Waals surface area contributed by atoms with E-state index in [1.807, 2.05) is 53.2 Å². The average Bonchev–Trinajstić information content (AvgIpc) is 3.43. The van der Waals surface area contributed by atoms with Crippen molar-refractivity contribution in [2.45, 2.75) is 6.42 Å². The van der Waals surface area contributed by atoms with Gasteiger partial charge in [0, 0.05) is 25.7 Å². The third kappa shape index (κ3) is 3.14. The molecule has 2 aromatic carbocycles. The van der Waals surface area contributed by atoms with E-state index in [4.69, 9.17) is 14.5 Å². The lowest BCUT2D eigenvalue weighted by molar-refractivity contribution is 0.468. The van der Waals surface area contributed by atoms with Crippen molar-refractivity contribution in [1.29, 1.82) is 0 Å². The van der Waals surface area contributed by atoms with Gasteiger partial charge in [0.15, 0.2) is 5.76 Å². The second-order valence-electron chi connectivity index (χ2n) is 7.14. The van der Waals surface area contributed by atoms with E-state index < -0.39 is 0 Å².